The largest absolute Gasteiger partial charge is 0.456 e. The lowest BCUT2D eigenvalue weighted by Crippen LogP contribution is -2.50. The molecule has 116 valence electrons. The lowest BCUT2D eigenvalue weighted by molar-refractivity contribution is 0.0895. The Hall–Kier alpha value is -2.14. The molecule has 22 heavy (non-hydrogen) atoms. The standard InChI is InChI=1S/C17H19FN2O2/c1-11-5-6-16(22-11)17(21)20-15-10-19-8-7-14(15)12-3-2-4-13(18)9-12/h2-6,9,14-15,19H,7-8,10H2,1H3,(H,20,21)/t14-,15+/m0/s1. The summed E-state index contributed by atoms with van der Waals surface area (Å²) in [6, 6.07) is 9.94. The minimum Gasteiger partial charge on any atom is -0.456 e. The highest BCUT2D eigenvalue weighted by molar-refractivity contribution is 5.91. The van der Waals surface area contributed by atoms with E-state index < -0.39 is 0 Å². The highest BCUT2D eigenvalue weighted by Gasteiger charge is 2.28. The van der Waals surface area contributed by atoms with Crippen molar-refractivity contribution in [2.45, 2.75) is 25.3 Å². The molecule has 4 nitrogen and oxygen atoms in total. The number of halogens is 1. The smallest absolute Gasteiger partial charge is 0.287 e. The molecule has 1 fully saturated rings. The van der Waals surface area contributed by atoms with E-state index in [1.165, 1.54) is 6.07 Å². The number of carbonyl (C=O) groups is 1. The molecule has 0 radical (unpaired) electrons. The second-order valence-electron chi connectivity index (χ2n) is 5.64. The van der Waals surface area contributed by atoms with Crippen LogP contribution in [0, 0.1) is 12.7 Å². The zero-order chi connectivity index (χ0) is 15.5. The van der Waals surface area contributed by atoms with Crippen molar-refractivity contribution in [2.24, 2.45) is 0 Å². The van der Waals surface area contributed by atoms with Crippen LogP contribution in [0.2, 0.25) is 0 Å². The summed E-state index contributed by atoms with van der Waals surface area (Å²) in [5, 5.41) is 6.27. The van der Waals surface area contributed by atoms with Crippen molar-refractivity contribution >= 4 is 5.91 Å². The normalized spacial score (nSPS) is 21.5. The zero-order valence-corrected chi connectivity index (χ0v) is 12.4. The highest BCUT2D eigenvalue weighted by Crippen LogP contribution is 2.26. The van der Waals surface area contributed by atoms with Gasteiger partial charge in [-0.1, -0.05) is 12.1 Å². The number of amides is 1. The molecule has 2 heterocycles. The second kappa shape index (κ2) is 6.32. The molecular formula is C17H19FN2O2. The van der Waals surface area contributed by atoms with Gasteiger partial charge < -0.3 is 15.1 Å². The van der Waals surface area contributed by atoms with E-state index in [9.17, 15) is 9.18 Å². The second-order valence-corrected chi connectivity index (χ2v) is 5.64. The van der Waals surface area contributed by atoms with Gasteiger partial charge in [0, 0.05) is 18.5 Å². The third kappa shape index (κ3) is 3.20. The lowest BCUT2D eigenvalue weighted by Gasteiger charge is -2.33. The molecule has 1 saturated heterocycles. The molecule has 2 atom stereocenters. The van der Waals surface area contributed by atoms with E-state index in [1.54, 1.807) is 31.2 Å². The first-order chi connectivity index (χ1) is 10.6. The zero-order valence-electron chi connectivity index (χ0n) is 12.4. The van der Waals surface area contributed by atoms with Crippen LogP contribution in [0.5, 0.6) is 0 Å². The Labute approximate surface area is 128 Å². The Morgan fingerprint density at radius 1 is 1.36 bits per heavy atom. The molecule has 1 aliphatic rings. The Kier molecular flexibility index (Phi) is 4.24. The van der Waals surface area contributed by atoms with Gasteiger partial charge in [0.25, 0.3) is 5.91 Å². The summed E-state index contributed by atoms with van der Waals surface area (Å²) in [4.78, 5) is 12.3. The van der Waals surface area contributed by atoms with Gasteiger partial charge in [-0.3, -0.25) is 4.79 Å². The number of aryl methyl sites for hydroxylation is 1. The average molecular weight is 302 g/mol. The van der Waals surface area contributed by atoms with Gasteiger partial charge in [-0.25, -0.2) is 4.39 Å². The van der Waals surface area contributed by atoms with Gasteiger partial charge in [-0.05, 0) is 49.7 Å². The van der Waals surface area contributed by atoms with Crippen molar-refractivity contribution in [3.8, 4) is 0 Å². The predicted molar refractivity (Wildman–Crippen MR) is 81.3 cm³/mol. The number of rotatable bonds is 3. The van der Waals surface area contributed by atoms with Crippen LogP contribution in [0.1, 0.15) is 34.2 Å². The number of furan rings is 1. The molecule has 0 aliphatic carbocycles. The van der Waals surface area contributed by atoms with E-state index >= 15 is 0 Å². The Bertz CT molecular complexity index is 668. The Morgan fingerprint density at radius 2 is 2.23 bits per heavy atom. The maximum Gasteiger partial charge on any atom is 0.287 e. The minimum atomic E-state index is -0.247. The molecule has 0 bridgehead atoms. The van der Waals surface area contributed by atoms with Gasteiger partial charge in [0.15, 0.2) is 5.76 Å². The molecule has 1 aromatic carbocycles. The quantitative estimate of drug-likeness (QED) is 0.916. The van der Waals surface area contributed by atoms with Crippen LogP contribution in [0.15, 0.2) is 40.8 Å². The van der Waals surface area contributed by atoms with E-state index in [-0.39, 0.29) is 23.7 Å². The number of hydrogen-bond acceptors (Lipinski definition) is 3. The summed E-state index contributed by atoms with van der Waals surface area (Å²) in [6.07, 6.45) is 0.853. The fourth-order valence-electron chi connectivity index (χ4n) is 2.94. The number of nitrogens with one attached hydrogen (secondary N) is 2. The van der Waals surface area contributed by atoms with E-state index in [0.717, 1.165) is 18.5 Å². The van der Waals surface area contributed by atoms with E-state index in [1.807, 2.05) is 6.07 Å². The van der Waals surface area contributed by atoms with E-state index in [2.05, 4.69) is 10.6 Å². The number of benzene rings is 1. The molecule has 0 unspecified atom stereocenters. The molecule has 0 saturated carbocycles. The summed E-state index contributed by atoms with van der Waals surface area (Å²) < 4.78 is 18.8. The summed E-state index contributed by atoms with van der Waals surface area (Å²) in [6.45, 7) is 3.31. The molecule has 0 spiro atoms. The highest BCUT2D eigenvalue weighted by atomic mass is 19.1. The van der Waals surface area contributed by atoms with Crippen molar-refractivity contribution in [1.82, 2.24) is 10.6 Å². The summed E-state index contributed by atoms with van der Waals surface area (Å²) in [5.74, 6) is 0.623. The lowest BCUT2D eigenvalue weighted by atomic mass is 9.86. The van der Waals surface area contributed by atoms with Crippen molar-refractivity contribution < 1.29 is 13.6 Å². The summed E-state index contributed by atoms with van der Waals surface area (Å²) in [5.41, 5.74) is 0.919. The van der Waals surface area contributed by atoms with E-state index in [0.29, 0.717) is 18.1 Å². The molecule has 1 amide bonds. The molecule has 5 heteroatoms. The molecular weight excluding hydrogens is 283 g/mol. The van der Waals surface area contributed by atoms with Gasteiger partial charge in [0.1, 0.15) is 11.6 Å². The number of carbonyl (C=O) groups excluding carboxylic acids is 1. The van der Waals surface area contributed by atoms with Crippen LogP contribution < -0.4 is 10.6 Å². The van der Waals surface area contributed by atoms with Gasteiger partial charge in [0.05, 0.1) is 0 Å². The maximum atomic E-state index is 13.5. The van der Waals surface area contributed by atoms with Crippen LogP contribution in [0.25, 0.3) is 0 Å². The topological polar surface area (TPSA) is 54.3 Å². The van der Waals surface area contributed by atoms with Crippen LogP contribution in [0.4, 0.5) is 4.39 Å². The van der Waals surface area contributed by atoms with Gasteiger partial charge in [0.2, 0.25) is 0 Å². The van der Waals surface area contributed by atoms with Crippen LogP contribution >= 0.6 is 0 Å². The number of hydrogen-bond donors (Lipinski definition) is 2. The molecule has 2 aromatic rings. The average Bonchev–Trinajstić information content (AvgIpc) is 2.94. The van der Waals surface area contributed by atoms with Crippen LogP contribution in [0.3, 0.4) is 0 Å². The van der Waals surface area contributed by atoms with Crippen molar-refractivity contribution in [3.63, 3.8) is 0 Å². The third-order valence-corrected chi connectivity index (χ3v) is 4.04. The minimum absolute atomic E-state index is 0.0894. The SMILES string of the molecule is Cc1ccc(C(=O)N[C@@H]2CNCC[C@H]2c2cccc(F)c2)o1. The Balaban J connectivity index is 1.76. The van der Waals surface area contributed by atoms with Gasteiger partial charge in [-0.15, -0.1) is 0 Å². The number of piperidine rings is 1. The molecule has 1 aromatic heterocycles. The van der Waals surface area contributed by atoms with Crippen molar-refractivity contribution in [1.29, 1.82) is 0 Å². The van der Waals surface area contributed by atoms with Gasteiger partial charge in [-0.2, -0.15) is 0 Å². The summed E-state index contributed by atoms with van der Waals surface area (Å²) >= 11 is 0. The fraction of sp³-hybridized carbons (Fsp3) is 0.353. The van der Waals surface area contributed by atoms with E-state index in [4.69, 9.17) is 4.42 Å². The van der Waals surface area contributed by atoms with Crippen LogP contribution in [-0.4, -0.2) is 25.0 Å². The monoisotopic (exact) mass is 302 g/mol. The summed E-state index contributed by atoms with van der Waals surface area (Å²) in [7, 11) is 0. The predicted octanol–water partition coefficient (Wildman–Crippen LogP) is 2.60. The third-order valence-electron chi connectivity index (χ3n) is 4.04. The fourth-order valence-corrected chi connectivity index (χ4v) is 2.94. The molecule has 1 aliphatic heterocycles. The van der Waals surface area contributed by atoms with Crippen molar-refractivity contribution in [3.05, 3.63) is 59.3 Å². The first kappa shape index (κ1) is 14.8. The maximum absolute atomic E-state index is 13.5. The first-order valence-corrected chi connectivity index (χ1v) is 7.47. The van der Waals surface area contributed by atoms with Crippen LogP contribution in [-0.2, 0) is 0 Å². The molecule has 3 rings (SSSR count). The molecule has 2 N–H and O–H groups in total. The first-order valence-electron chi connectivity index (χ1n) is 7.47. The Morgan fingerprint density at radius 3 is 2.95 bits per heavy atom. The van der Waals surface area contributed by atoms with Gasteiger partial charge >= 0.3 is 0 Å². The van der Waals surface area contributed by atoms with Crippen molar-refractivity contribution in [2.75, 3.05) is 13.1 Å².